The number of carbonyl (C=O) groups is 1. The molecule has 2 aromatic rings. The summed E-state index contributed by atoms with van der Waals surface area (Å²) in [5.74, 6) is 0.436. The molecule has 1 amide bonds. The van der Waals surface area contributed by atoms with Crippen molar-refractivity contribution in [3.8, 4) is 5.75 Å². The summed E-state index contributed by atoms with van der Waals surface area (Å²) in [6.07, 6.45) is 3.59. The van der Waals surface area contributed by atoms with Gasteiger partial charge in [0.05, 0.1) is 24.7 Å². The van der Waals surface area contributed by atoms with Gasteiger partial charge in [-0.15, -0.1) is 0 Å². The number of nitrogens with zero attached hydrogens (tertiary/aromatic N) is 2. The van der Waals surface area contributed by atoms with Gasteiger partial charge in [0, 0.05) is 18.2 Å². The number of pyridine rings is 1. The first-order valence-corrected chi connectivity index (χ1v) is 7.22. The summed E-state index contributed by atoms with van der Waals surface area (Å²) in [6, 6.07) is 11.0. The summed E-state index contributed by atoms with van der Waals surface area (Å²) in [7, 11) is 1.60. The van der Waals surface area contributed by atoms with Crippen molar-refractivity contribution in [1.29, 1.82) is 0 Å². The van der Waals surface area contributed by atoms with Gasteiger partial charge < -0.3 is 14.9 Å². The minimum absolute atomic E-state index is 0.265. The first kappa shape index (κ1) is 15.0. The highest BCUT2D eigenvalue weighted by Crippen LogP contribution is 2.31. The Morgan fingerprint density at radius 1 is 1.30 bits per heavy atom. The number of methoxy groups -OCH3 is 1. The number of para-hydroxylation sites is 1. The van der Waals surface area contributed by atoms with Crippen LogP contribution in [0.1, 0.15) is 18.9 Å². The average Bonchev–Trinajstić information content (AvgIpc) is 2.99. The molecule has 0 bridgehead atoms. The maximum Gasteiger partial charge on any atom is 0.271 e. The van der Waals surface area contributed by atoms with Crippen LogP contribution in [0.25, 0.3) is 0 Å². The standard InChI is InChI=1S/C17H17N3O3/c1-17(16(21)19-12-6-5-9-18-11-12)10-14(20-23-17)13-7-3-4-8-15(13)22-2/h3-9,11H,10H2,1-2H3,(H,19,21)/t17-/m0/s1. The first-order chi connectivity index (χ1) is 11.1. The van der Waals surface area contributed by atoms with E-state index >= 15 is 0 Å². The summed E-state index contributed by atoms with van der Waals surface area (Å²) in [5, 5.41) is 6.88. The Kier molecular flexibility index (Phi) is 3.97. The van der Waals surface area contributed by atoms with E-state index in [0.29, 0.717) is 23.6 Å². The molecule has 1 aliphatic heterocycles. The zero-order valence-electron chi connectivity index (χ0n) is 12.9. The van der Waals surface area contributed by atoms with E-state index in [-0.39, 0.29) is 5.91 Å². The molecule has 1 N–H and O–H groups in total. The molecule has 1 aliphatic rings. The molecule has 0 spiro atoms. The molecule has 1 aromatic heterocycles. The van der Waals surface area contributed by atoms with Crippen molar-refractivity contribution in [1.82, 2.24) is 4.98 Å². The van der Waals surface area contributed by atoms with Crippen LogP contribution in [0.4, 0.5) is 5.69 Å². The summed E-state index contributed by atoms with van der Waals surface area (Å²) in [6.45, 7) is 1.71. The number of aromatic nitrogens is 1. The highest BCUT2D eigenvalue weighted by molar-refractivity contribution is 6.09. The van der Waals surface area contributed by atoms with E-state index in [1.54, 1.807) is 38.6 Å². The van der Waals surface area contributed by atoms with Gasteiger partial charge in [-0.25, -0.2) is 0 Å². The lowest BCUT2D eigenvalue weighted by atomic mass is 9.94. The van der Waals surface area contributed by atoms with Gasteiger partial charge in [0.15, 0.2) is 0 Å². The summed E-state index contributed by atoms with van der Waals surface area (Å²) in [4.78, 5) is 21.9. The van der Waals surface area contributed by atoms with Gasteiger partial charge in [0.2, 0.25) is 5.60 Å². The van der Waals surface area contributed by atoms with Crippen LogP contribution in [-0.2, 0) is 9.63 Å². The van der Waals surface area contributed by atoms with Crippen LogP contribution in [0, 0.1) is 0 Å². The number of ether oxygens (including phenoxy) is 1. The van der Waals surface area contributed by atoms with Gasteiger partial charge >= 0.3 is 0 Å². The van der Waals surface area contributed by atoms with Crippen molar-refractivity contribution in [3.63, 3.8) is 0 Å². The minimum atomic E-state index is -1.06. The van der Waals surface area contributed by atoms with Crippen LogP contribution in [0.2, 0.25) is 0 Å². The van der Waals surface area contributed by atoms with Gasteiger partial charge in [-0.3, -0.25) is 9.78 Å². The molecule has 0 unspecified atom stereocenters. The number of benzene rings is 1. The Balaban J connectivity index is 1.75. The SMILES string of the molecule is COc1ccccc1C1=NO[C@](C)(C(=O)Nc2cccnc2)C1. The summed E-state index contributed by atoms with van der Waals surface area (Å²) < 4.78 is 5.34. The second kappa shape index (κ2) is 6.08. The first-order valence-electron chi connectivity index (χ1n) is 7.22. The number of anilines is 1. The molecule has 118 valence electrons. The van der Waals surface area contributed by atoms with Crippen LogP contribution in [-0.4, -0.2) is 29.3 Å². The molecule has 1 aromatic carbocycles. The molecule has 0 aliphatic carbocycles. The predicted molar refractivity (Wildman–Crippen MR) is 86.5 cm³/mol. The summed E-state index contributed by atoms with van der Waals surface area (Å²) in [5.41, 5.74) is 1.07. The van der Waals surface area contributed by atoms with Crippen LogP contribution in [0.15, 0.2) is 53.9 Å². The second-order valence-electron chi connectivity index (χ2n) is 5.43. The molecular formula is C17H17N3O3. The lowest BCUT2D eigenvalue weighted by molar-refractivity contribution is -0.135. The van der Waals surface area contributed by atoms with Crippen LogP contribution in [0.5, 0.6) is 5.75 Å². The van der Waals surface area contributed by atoms with Gasteiger partial charge in [0.1, 0.15) is 5.75 Å². The van der Waals surface area contributed by atoms with Crippen LogP contribution in [0.3, 0.4) is 0 Å². The molecule has 0 radical (unpaired) electrons. The van der Waals surface area contributed by atoms with E-state index in [0.717, 1.165) is 5.56 Å². The van der Waals surface area contributed by atoms with E-state index in [1.807, 2.05) is 24.3 Å². The van der Waals surface area contributed by atoms with Crippen molar-refractivity contribution >= 4 is 17.3 Å². The molecule has 23 heavy (non-hydrogen) atoms. The van der Waals surface area contributed by atoms with Crippen molar-refractivity contribution in [3.05, 3.63) is 54.4 Å². The largest absolute Gasteiger partial charge is 0.496 e. The third kappa shape index (κ3) is 3.01. The smallest absolute Gasteiger partial charge is 0.271 e. The molecule has 0 fully saturated rings. The Labute approximate surface area is 134 Å². The van der Waals surface area contributed by atoms with Crippen molar-refractivity contribution in [2.75, 3.05) is 12.4 Å². The number of nitrogens with one attached hydrogen (secondary N) is 1. The highest BCUT2D eigenvalue weighted by atomic mass is 16.7. The topological polar surface area (TPSA) is 72.8 Å². The van der Waals surface area contributed by atoms with Crippen molar-refractivity contribution in [2.45, 2.75) is 18.9 Å². The zero-order valence-corrected chi connectivity index (χ0v) is 12.9. The normalized spacial score (nSPS) is 19.7. The van der Waals surface area contributed by atoms with E-state index in [4.69, 9.17) is 9.57 Å². The number of amides is 1. The number of oxime groups is 1. The Bertz CT molecular complexity index is 746. The Morgan fingerprint density at radius 2 is 2.13 bits per heavy atom. The molecule has 3 rings (SSSR count). The van der Waals surface area contributed by atoms with Crippen LogP contribution < -0.4 is 10.1 Å². The van der Waals surface area contributed by atoms with E-state index in [9.17, 15) is 4.79 Å². The Morgan fingerprint density at radius 3 is 2.87 bits per heavy atom. The zero-order chi connectivity index (χ0) is 16.3. The fraction of sp³-hybridized carbons (Fsp3) is 0.235. The summed E-state index contributed by atoms with van der Waals surface area (Å²) >= 11 is 0. The third-order valence-corrected chi connectivity index (χ3v) is 3.68. The molecule has 0 saturated heterocycles. The molecule has 1 atom stereocenters. The van der Waals surface area contributed by atoms with E-state index in [1.165, 1.54) is 0 Å². The molecular weight excluding hydrogens is 294 g/mol. The third-order valence-electron chi connectivity index (χ3n) is 3.68. The lowest BCUT2D eigenvalue weighted by Crippen LogP contribution is -2.40. The highest BCUT2D eigenvalue weighted by Gasteiger charge is 2.42. The van der Waals surface area contributed by atoms with Crippen molar-refractivity contribution < 1.29 is 14.4 Å². The second-order valence-corrected chi connectivity index (χ2v) is 5.43. The average molecular weight is 311 g/mol. The van der Waals surface area contributed by atoms with Crippen LogP contribution >= 0.6 is 0 Å². The van der Waals surface area contributed by atoms with Gasteiger partial charge in [0.25, 0.3) is 5.91 Å². The molecule has 6 heteroatoms. The molecule has 0 saturated carbocycles. The number of rotatable bonds is 4. The molecule has 2 heterocycles. The maximum absolute atomic E-state index is 12.5. The lowest BCUT2D eigenvalue weighted by Gasteiger charge is -2.20. The minimum Gasteiger partial charge on any atom is -0.496 e. The maximum atomic E-state index is 12.5. The fourth-order valence-electron chi connectivity index (χ4n) is 2.39. The predicted octanol–water partition coefficient (Wildman–Crippen LogP) is 2.61. The number of hydrogen-bond donors (Lipinski definition) is 1. The monoisotopic (exact) mass is 311 g/mol. The number of carbonyl (C=O) groups excluding carboxylic acids is 1. The molecule has 6 nitrogen and oxygen atoms in total. The fourth-order valence-corrected chi connectivity index (χ4v) is 2.39. The quantitative estimate of drug-likeness (QED) is 0.942. The van der Waals surface area contributed by atoms with Crippen molar-refractivity contribution in [2.24, 2.45) is 5.16 Å². The Hall–Kier alpha value is -2.89. The van der Waals surface area contributed by atoms with E-state index in [2.05, 4.69) is 15.5 Å². The van der Waals surface area contributed by atoms with Gasteiger partial charge in [-0.1, -0.05) is 17.3 Å². The van der Waals surface area contributed by atoms with E-state index < -0.39 is 5.60 Å². The number of hydrogen-bond acceptors (Lipinski definition) is 5. The van der Waals surface area contributed by atoms with Gasteiger partial charge in [-0.2, -0.15) is 0 Å². The van der Waals surface area contributed by atoms with Gasteiger partial charge in [-0.05, 0) is 31.2 Å².